The minimum atomic E-state index is -0.149. The molecule has 0 spiro atoms. The van der Waals surface area contributed by atoms with Gasteiger partial charge in [-0.1, -0.05) is 45.9 Å². The van der Waals surface area contributed by atoms with Gasteiger partial charge < -0.3 is 10.6 Å². The third-order valence-electron chi connectivity index (χ3n) is 4.08. The fourth-order valence-electron chi connectivity index (χ4n) is 2.79. The Hall–Kier alpha value is -2.62. The number of hydrogen-bond donors (Lipinski definition) is 2. The molecule has 0 heterocycles. The van der Waals surface area contributed by atoms with E-state index in [-0.39, 0.29) is 11.8 Å². The highest BCUT2D eigenvalue weighted by atomic mass is 16.2. The fraction of sp³-hybridized carbons (Fsp3) is 0.333. The Balaban J connectivity index is 2.29. The number of amides is 2. The van der Waals surface area contributed by atoms with E-state index in [1.807, 2.05) is 6.07 Å². The maximum absolute atomic E-state index is 12.7. The average Bonchev–Trinajstić information content (AvgIpc) is 2.54. The summed E-state index contributed by atoms with van der Waals surface area (Å²) in [5, 5.41) is 5.79. The molecule has 0 unspecified atom stereocenters. The van der Waals surface area contributed by atoms with Gasteiger partial charge in [0.15, 0.2) is 0 Å². The molecular weight excluding hydrogens is 312 g/mol. The normalized spacial score (nSPS) is 10.8. The van der Waals surface area contributed by atoms with Gasteiger partial charge >= 0.3 is 0 Å². The van der Waals surface area contributed by atoms with Crippen molar-refractivity contribution >= 4 is 23.2 Å². The smallest absolute Gasteiger partial charge is 0.255 e. The van der Waals surface area contributed by atoms with Crippen molar-refractivity contribution in [3.63, 3.8) is 0 Å². The number of para-hydroxylation sites is 1. The van der Waals surface area contributed by atoms with Crippen LogP contribution in [0, 0.1) is 0 Å². The van der Waals surface area contributed by atoms with E-state index in [1.165, 1.54) is 6.92 Å². The van der Waals surface area contributed by atoms with Crippen LogP contribution in [0.15, 0.2) is 42.5 Å². The number of nitrogens with one attached hydrogen (secondary N) is 2. The lowest BCUT2D eigenvalue weighted by Gasteiger charge is -2.20. The lowest BCUT2D eigenvalue weighted by atomic mass is 9.92. The minimum absolute atomic E-state index is 0.135. The molecule has 0 aliphatic carbocycles. The van der Waals surface area contributed by atoms with E-state index in [0.29, 0.717) is 23.1 Å². The van der Waals surface area contributed by atoms with Crippen molar-refractivity contribution in [1.82, 2.24) is 0 Å². The van der Waals surface area contributed by atoms with Crippen LogP contribution in [0.4, 0.5) is 11.4 Å². The first-order valence-electron chi connectivity index (χ1n) is 8.61. The number of anilines is 2. The summed E-state index contributed by atoms with van der Waals surface area (Å²) in [6, 6.07) is 13.1. The molecule has 0 atom stereocenters. The molecule has 2 aromatic rings. The Morgan fingerprint density at radius 2 is 1.32 bits per heavy atom. The van der Waals surface area contributed by atoms with Crippen LogP contribution in [0.2, 0.25) is 0 Å². The SMILES string of the molecule is CC(=O)Nc1ccc(C(=O)Nc2c(C(C)C)cccc2C(C)C)cc1. The van der Waals surface area contributed by atoms with Gasteiger partial charge in [-0.15, -0.1) is 0 Å². The molecule has 0 aliphatic rings. The molecule has 4 heteroatoms. The first-order valence-corrected chi connectivity index (χ1v) is 8.61. The summed E-state index contributed by atoms with van der Waals surface area (Å²) in [6.45, 7) is 9.94. The van der Waals surface area contributed by atoms with E-state index < -0.39 is 0 Å². The van der Waals surface area contributed by atoms with Crippen LogP contribution in [0.25, 0.3) is 0 Å². The summed E-state index contributed by atoms with van der Waals surface area (Å²) >= 11 is 0. The lowest BCUT2D eigenvalue weighted by molar-refractivity contribution is -0.114. The highest BCUT2D eigenvalue weighted by Gasteiger charge is 2.16. The standard InChI is InChI=1S/C21H26N2O2/c1-13(2)18-7-6-8-19(14(3)4)20(18)23-21(25)16-9-11-17(12-10-16)22-15(5)24/h6-14H,1-5H3,(H,22,24)(H,23,25). The Morgan fingerprint density at radius 1 is 0.800 bits per heavy atom. The molecule has 2 aromatic carbocycles. The molecule has 25 heavy (non-hydrogen) atoms. The second-order valence-electron chi connectivity index (χ2n) is 6.83. The minimum Gasteiger partial charge on any atom is -0.326 e. The van der Waals surface area contributed by atoms with Crippen molar-refractivity contribution < 1.29 is 9.59 Å². The molecule has 2 amide bonds. The Kier molecular flexibility index (Phi) is 5.97. The van der Waals surface area contributed by atoms with Gasteiger partial charge in [-0.2, -0.15) is 0 Å². The highest BCUT2D eigenvalue weighted by Crippen LogP contribution is 2.32. The molecule has 0 bridgehead atoms. The quantitative estimate of drug-likeness (QED) is 0.792. The van der Waals surface area contributed by atoms with E-state index in [0.717, 1.165) is 16.8 Å². The van der Waals surface area contributed by atoms with E-state index in [4.69, 9.17) is 0 Å². The van der Waals surface area contributed by atoms with Gasteiger partial charge in [0.1, 0.15) is 0 Å². The summed E-state index contributed by atoms with van der Waals surface area (Å²) < 4.78 is 0. The summed E-state index contributed by atoms with van der Waals surface area (Å²) in [5.74, 6) is 0.348. The topological polar surface area (TPSA) is 58.2 Å². The molecule has 0 saturated carbocycles. The predicted octanol–water partition coefficient (Wildman–Crippen LogP) is 5.14. The predicted molar refractivity (Wildman–Crippen MR) is 103 cm³/mol. The zero-order chi connectivity index (χ0) is 18.6. The Morgan fingerprint density at radius 3 is 1.76 bits per heavy atom. The largest absolute Gasteiger partial charge is 0.326 e. The molecule has 0 fully saturated rings. The highest BCUT2D eigenvalue weighted by molar-refractivity contribution is 6.05. The molecular formula is C21H26N2O2. The van der Waals surface area contributed by atoms with Crippen molar-refractivity contribution in [1.29, 1.82) is 0 Å². The third kappa shape index (κ3) is 4.69. The fourth-order valence-corrected chi connectivity index (χ4v) is 2.79. The summed E-state index contributed by atoms with van der Waals surface area (Å²) in [4.78, 5) is 23.8. The van der Waals surface area contributed by atoms with Gasteiger partial charge in [0.25, 0.3) is 5.91 Å². The van der Waals surface area contributed by atoms with Gasteiger partial charge in [-0.25, -0.2) is 0 Å². The lowest BCUT2D eigenvalue weighted by Crippen LogP contribution is -2.16. The second kappa shape index (κ2) is 7.97. The van der Waals surface area contributed by atoms with Crippen molar-refractivity contribution in [3.8, 4) is 0 Å². The first kappa shape index (κ1) is 18.7. The van der Waals surface area contributed by atoms with Crippen molar-refractivity contribution in [3.05, 3.63) is 59.2 Å². The second-order valence-corrected chi connectivity index (χ2v) is 6.83. The van der Waals surface area contributed by atoms with Crippen LogP contribution >= 0.6 is 0 Å². The van der Waals surface area contributed by atoms with Crippen molar-refractivity contribution in [2.75, 3.05) is 10.6 Å². The van der Waals surface area contributed by atoms with E-state index in [1.54, 1.807) is 24.3 Å². The maximum Gasteiger partial charge on any atom is 0.255 e. The third-order valence-corrected chi connectivity index (χ3v) is 4.08. The van der Waals surface area contributed by atoms with Crippen LogP contribution in [-0.2, 0) is 4.79 Å². The van der Waals surface area contributed by atoms with Gasteiger partial charge in [-0.05, 0) is 47.2 Å². The molecule has 2 N–H and O–H groups in total. The Labute approximate surface area is 149 Å². The zero-order valence-corrected chi connectivity index (χ0v) is 15.5. The number of carbonyl (C=O) groups excluding carboxylic acids is 2. The van der Waals surface area contributed by atoms with Crippen LogP contribution in [0.1, 0.15) is 67.9 Å². The maximum atomic E-state index is 12.7. The summed E-state index contributed by atoms with van der Waals surface area (Å²) in [6.07, 6.45) is 0. The van der Waals surface area contributed by atoms with E-state index >= 15 is 0 Å². The summed E-state index contributed by atoms with van der Waals surface area (Å²) in [7, 11) is 0. The monoisotopic (exact) mass is 338 g/mol. The summed E-state index contributed by atoms with van der Waals surface area (Å²) in [5.41, 5.74) is 4.41. The molecule has 132 valence electrons. The molecule has 2 rings (SSSR count). The molecule has 0 saturated heterocycles. The van der Waals surface area contributed by atoms with Gasteiger partial charge in [0, 0.05) is 23.9 Å². The number of carbonyl (C=O) groups is 2. The van der Waals surface area contributed by atoms with Crippen molar-refractivity contribution in [2.24, 2.45) is 0 Å². The van der Waals surface area contributed by atoms with Crippen LogP contribution < -0.4 is 10.6 Å². The van der Waals surface area contributed by atoms with Crippen molar-refractivity contribution in [2.45, 2.75) is 46.5 Å². The van der Waals surface area contributed by atoms with E-state index in [2.05, 4.69) is 50.5 Å². The molecule has 0 radical (unpaired) electrons. The molecule has 0 aromatic heterocycles. The van der Waals surface area contributed by atoms with Gasteiger partial charge in [0.05, 0.1) is 0 Å². The number of rotatable bonds is 5. The number of hydrogen-bond acceptors (Lipinski definition) is 2. The van der Waals surface area contributed by atoms with Gasteiger partial charge in [0.2, 0.25) is 5.91 Å². The van der Waals surface area contributed by atoms with Crippen LogP contribution in [-0.4, -0.2) is 11.8 Å². The van der Waals surface area contributed by atoms with E-state index in [9.17, 15) is 9.59 Å². The molecule has 4 nitrogen and oxygen atoms in total. The van der Waals surface area contributed by atoms with Crippen LogP contribution in [0.5, 0.6) is 0 Å². The van der Waals surface area contributed by atoms with Gasteiger partial charge in [-0.3, -0.25) is 9.59 Å². The Bertz CT molecular complexity index is 736. The average molecular weight is 338 g/mol. The first-order chi connectivity index (χ1) is 11.8. The van der Waals surface area contributed by atoms with Crippen LogP contribution in [0.3, 0.4) is 0 Å². The molecule has 0 aliphatic heterocycles. The number of benzene rings is 2. The zero-order valence-electron chi connectivity index (χ0n) is 15.5.